The van der Waals surface area contributed by atoms with E-state index in [9.17, 15) is 13.2 Å². The zero-order valence-electron chi connectivity index (χ0n) is 14.1. The van der Waals surface area contributed by atoms with Crippen LogP contribution >= 0.6 is 0 Å². The van der Waals surface area contributed by atoms with E-state index in [1.807, 2.05) is 0 Å². The fourth-order valence-corrected chi connectivity index (χ4v) is 5.01. The fourth-order valence-electron chi connectivity index (χ4n) is 4.03. The quantitative estimate of drug-likeness (QED) is 0.799. The Bertz CT molecular complexity index is 702. The molecule has 3 rings (SSSR count). The highest BCUT2D eigenvalue weighted by atomic mass is 32.2. The standard InChI is InChI=1S/C17H24N2O4S/c1-19(23-2)24(21,22)16-7-5-15(6-8-16)18-17(20)11-14-10-12-3-4-13(14)9-12/h5-8,12-14H,3-4,9-11H2,1-2H3,(H,18,20). The van der Waals surface area contributed by atoms with Crippen LogP contribution in [0.25, 0.3) is 0 Å². The van der Waals surface area contributed by atoms with Gasteiger partial charge in [0, 0.05) is 19.2 Å². The lowest BCUT2D eigenvalue weighted by Crippen LogP contribution is -2.25. The molecule has 3 unspecified atom stereocenters. The van der Waals surface area contributed by atoms with E-state index >= 15 is 0 Å². The van der Waals surface area contributed by atoms with Crippen LogP contribution in [0.1, 0.15) is 32.1 Å². The molecule has 3 atom stereocenters. The number of hydrogen-bond donors (Lipinski definition) is 1. The molecule has 1 aromatic rings. The summed E-state index contributed by atoms with van der Waals surface area (Å²) < 4.78 is 25.0. The molecule has 24 heavy (non-hydrogen) atoms. The van der Waals surface area contributed by atoms with Crippen LogP contribution in [0.4, 0.5) is 5.69 Å². The van der Waals surface area contributed by atoms with Crippen molar-refractivity contribution >= 4 is 21.6 Å². The Labute approximate surface area is 143 Å². The summed E-state index contributed by atoms with van der Waals surface area (Å²) in [7, 11) is -1.03. The van der Waals surface area contributed by atoms with E-state index in [1.165, 1.54) is 52.0 Å². The molecule has 2 aliphatic rings. The smallest absolute Gasteiger partial charge is 0.264 e. The minimum Gasteiger partial charge on any atom is -0.326 e. The van der Waals surface area contributed by atoms with Crippen molar-refractivity contribution in [2.75, 3.05) is 19.5 Å². The van der Waals surface area contributed by atoms with Gasteiger partial charge >= 0.3 is 0 Å². The minimum atomic E-state index is -3.66. The monoisotopic (exact) mass is 352 g/mol. The first-order valence-corrected chi connectivity index (χ1v) is 9.77. The zero-order chi connectivity index (χ0) is 17.3. The Hall–Kier alpha value is -1.44. The van der Waals surface area contributed by atoms with E-state index in [2.05, 4.69) is 5.32 Å². The van der Waals surface area contributed by atoms with Gasteiger partial charge in [-0.05, 0) is 61.3 Å². The van der Waals surface area contributed by atoms with Crippen LogP contribution in [0.5, 0.6) is 0 Å². The maximum absolute atomic E-state index is 12.2. The summed E-state index contributed by atoms with van der Waals surface area (Å²) in [6.45, 7) is 0. The number of carbonyl (C=O) groups excluding carboxylic acids is 1. The summed E-state index contributed by atoms with van der Waals surface area (Å²) in [6, 6.07) is 6.15. The van der Waals surface area contributed by atoms with E-state index < -0.39 is 10.0 Å². The highest BCUT2D eigenvalue weighted by Gasteiger charge is 2.40. The number of rotatable bonds is 6. The summed E-state index contributed by atoms with van der Waals surface area (Å²) in [4.78, 5) is 17.1. The number of benzene rings is 1. The van der Waals surface area contributed by atoms with Crippen molar-refractivity contribution in [1.29, 1.82) is 0 Å². The minimum absolute atomic E-state index is 0.0113. The molecule has 6 nitrogen and oxygen atoms in total. The van der Waals surface area contributed by atoms with Crippen molar-refractivity contribution in [2.45, 2.75) is 37.0 Å². The maximum Gasteiger partial charge on any atom is 0.264 e. The van der Waals surface area contributed by atoms with Crippen molar-refractivity contribution in [3.63, 3.8) is 0 Å². The Kier molecular flexibility index (Phi) is 4.94. The van der Waals surface area contributed by atoms with Gasteiger partial charge in [0.05, 0.1) is 12.0 Å². The van der Waals surface area contributed by atoms with Gasteiger partial charge in [0.15, 0.2) is 0 Å². The number of nitrogens with zero attached hydrogens (tertiary/aromatic N) is 1. The highest BCUT2D eigenvalue weighted by molar-refractivity contribution is 7.89. The molecular formula is C17H24N2O4S. The van der Waals surface area contributed by atoms with E-state index in [4.69, 9.17) is 4.84 Å². The second-order valence-electron chi connectivity index (χ2n) is 6.81. The molecule has 2 bridgehead atoms. The van der Waals surface area contributed by atoms with Gasteiger partial charge in [-0.1, -0.05) is 10.9 Å². The predicted octanol–water partition coefficient (Wildman–Crippen LogP) is 2.63. The van der Waals surface area contributed by atoms with Crippen LogP contribution in [0.2, 0.25) is 0 Å². The molecule has 0 aliphatic heterocycles. The average Bonchev–Trinajstić information content (AvgIpc) is 3.17. The maximum atomic E-state index is 12.2. The summed E-state index contributed by atoms with van der Waals surface area (Å²) in [6.07, 6.45) is 5.63. The van der Waals surface area contributed by atoms with E-state index in [1.54, 1.807) is 12.1 Å². The molecule has 2 saturated carbocycles. The number of sulfonamides is 1. The molecule has 0 radical (unpaired) electrons. The number of amides is 1. The van der Waals surface area contributed by atoms with Gasteiger partial charge in [-0.15, -0.1) is 0 Å². The number of hydrogen-bond acceptors (Lipinski definition) is 4. The molecule has 1 amide bonds. The van der Waals surface area contributed by atoms with E-state index in [-0.39, 0.29) is 10.8 Å². The van der Waals surface area contributed by atoms with Crippen molar-refractivity contribution in [3.05, 3.63) is 24.3 Å². The predicted molar refractivity (Wildman–Crippen MR) is 90.6 cm³/mol. The Morgan fingerprint density at radius 2 is 1.96 bits per heavy atom. The lowest BCUT2D eigenvalue weighted by atomic mass is 9.86. The first kappa shape index (κ1) is 17.4. The second kappa shape index (κ2) is 6.82. The van der Waals surface area contributed by atoms with Crippen LogP contribution in [0.15, 0.2) is 29.2 Å². The van der Waals surface area contributed by atoms with Crippen LogP contribution in [-0.2, 0) is 19.7 Å². The van der Waals surface area contributed by atoms with Gasteiger partial charge in [-0.25, -0.2) is 8.42 Å². The van der Waals surface area contributed by atoms with Crippen LogP contribution in [0, 0.1) is 17.8 Å². The molecule has 0 heterocycles. The fraction of sp³-hybridized carbons (Fsp3) is 0.588. The third-order valence-corrected chi connectivity index (χ3v) is 7.06. The molecule has 0 saturated heterocycles. The number of carbonyl (C=O) groups is 1. The van der Waals surface area contributed by atoms with Crippen molar-refractivity contribution < 1.29 is 18.0 Å². The molecule has 0 spiro atoms. The summed E-state index contributed by atoms with van der Waals surface area (Å²) in [5.41, 5.74) is 0.613. The average molecular weight is 352 g/mol. The van der Waals surface area contributed by atoms with Gasteiger partial charge in [0.2, 0.25) is 5.91 Å². The second-order valence-corrected chi connectivity index (χ2v) is 8.74. The molecule has 7 heteroatoms. The SMILES string of the molecule is CON(C)S(=O)(=O)c1ccc(NC(=O)CC2CC3CCC2C3)cc1. The van der Waals surface area contributed by atoms with Gasteiger partial charge in [0.1, 0.15) is 0 Å². The summed E-state index contributed by atoms with van der Waals surface area (Å²) in [5.74, 6) is 2.07. The van der Waals surface area contributed by atoms with Crippen molar-refractivity contribution in [1.82, 2.24) is 4.47 Å². The van der Waals surface area contributed by atoms with Gasteiger partial charge < -0.3 is 5.32 Å². The number of nitrogens with one attached hydrogen (secondary N) is 1. The lowest BCUT2D eigenvalue weighted by Gasteiger charge is -2.21. The first-order valence-electron chi connectivity index (χ1n) is 8.33. The molecule has 2 fully saturated rings. The summed E-state index contributed by atoms with van der Waals surface area (Å²) in [5, 5.41) is 2.87. The zero-order valence-corrected chi connectivity index (χ0v) is 14.9. The Balaban J connectivity index is 1.59. The van der Waals surface area contributed by atoms with Crippen molar-refractivity contribution in [2.24, 2.45) is 17.8 Å². The Morgan fingerprint density at radius 1 is 1.25 bits per heavy atom. The molecule has 0 aromatic heterocycles. The van der Waals surface area contributed by atoms with E-state index in [0.717, 1.165) is 16.3 Å². The van der Waals surface area contributed by atoms with Gasteiger partial charge in [-0.2, -0.15) is 0 Å². The van der Waals surface area contributed by atoms with Gasteiger partial charge in [0.25, 0.3) is 10.0 Å². The number of anilines is 1. The highest BCUT2D eigenvalue weighted by Crippen LogP contribution is 2.49. The number of hydroxylamine groups is 1. The van der Waals surface area contributed by atoms with E-state index in [0.29, 0.717) is 18.0 Å². The van der Waals surface area contributed by atoms with Crippen LogP contribution in [0.3, 0.4) is 0 Å². The normalized spacial score (nSPS) is 26.0. The molecular weight excluding hydrogens is 328 g/mol. The molecule has 1 aromatic carbocycles. The van der Waals surface area contributed by atoms with Gasteiger partial charge in [-0.3, -0.25) is 9.63 Å². The topological polar surface area (TPSA) is 75.7 Å². The Morgan fingerprint density at radius 3 is 2.50 bits per heavy atom. The number of fused-ring (bicyclic) bond motifs is 2. The first-order chi connectivity index (χ1) is 11.4. The lowest BCUT2D eigenvalue weighted by molar-refractivity contribution is -0.117. The molecule has 1 N–H and O–H groups in total. The third kappa shape index (κ3) is 3.48. The summed E-state index contributed by atoms with van der Waals surface area (Å²) >= 11 is 0. The van der Waals surface area contributed by atoms with Crippen LogP contribution in [-0.4, -0.2) is 33.0 Å². The largest absolute Gasteiger partial charge is 0.326 e. The van der Waals surface area contributed by atoms with Crippen LogP contribution < -0.4 is 5.32 Å². The molecule has 132 valence electrons. The third-order valence-electron chi connectivity index (χ3n) is 5.36. The van der Waals surface area contributed by atoms with Crippen molar-refractivity contribution in [3.8, 4) is 0 Å². The molecule has 2 aliphatic carbocycles.